The molecule has 0 aromatic rings. The van der Waals surface area contributed by atoms with Crippen LogP contribution in [0.25, 0.3) is 0 Å². The van der Waals surface area contributed by atoms with E-state index in [1.165, 1.54) is 0 Å². The molecule has 1 rings (SSSR count). The summed E-state index contributed by atoms with van der Waals surface area (Å²) < 4.78 is 4.39. The first kappa shape index (κ1) is 4.23. The first-order valence-corrected chi connectivity index (χ1v) is 1.90. The van der Waals surface area contributed by atoms with E-state index in [0.29, 0.717) is 0 Å². The predicted molar refractivity (Wildman–Crippen MR) is 20.8 cm³/mol. The average molecular weight is 100 g/mol. The maximum Gasteiger partial charge on any atom is 0.454 e. The number of ether oxygens (including phenoxy) is 1. The Kier molecular flexibility index (Phi) is 0.780. The SMILES string of the molecule is CC1N=NC(=O)O1. The highest BCUT2D eigenvalue weighted by Crippen LogP contribution is 2.03. The van der Waals surface area contributed by atoms with Crippen LogP contribution in [0.15, 0.2) is 10.2 Å². The van der Waals surface area contributed by atoms with Crippen molar-refractivity contribution in [2.75, 3.05) is 0 Å². The number of carbonyl (C=O) groups is 1. The van der Waals surface area contributed by atoms with E-state index in [9.17, 15) is 4.79 Å². The van der Waals surface area contributed by atoms with E-state index in [0.717, 1.165) is 0 Å². The maximum atomic E-state index is 9.97. The summed E-state index contributed by atoms with van der Waals surface area (Å²) in [4.78, 5) is 9.97. The molecule has 0 bridgehead atoms. The van der Waals surface area contributed by atoms with Crippen molar-refractivity contribution in [3.63, 3.8) is 0 Å². The van der Waals surface area contributed by atoms with Gasteiger partial charge in [0.25, 0.3) is 0 Å². The minimum Gasteiger partial charge on any atom is -0.419 e. The Bertz CT molecular complexity index is 120. The molecule has 1 aliphatic heterocycles. The third-order valence-electron chi connectivity index (χ3n) is 0.573. The van der Waals surface area contributed by atoms with E-state index in [4.69, 9.17) is 0 Å². The van der Waals surface area contributed by atoms with Crippen LogP contribution < -0.4 is 0 Å². The standard InChI is InChI=1S/C3H4N2O2/c1-2-4-5-3(6)7-2/h2H,1H3. The summed E-state index contributed by atoms with van der Waals surface area (Å²) in [5.41, 5.74) is 0. The Hall–Kier alpha value is -0.930. The summed E-state index contributed by atoms with van der Waals surface area (Å²) >= 11 is 0. The van der Waals surface area contributed by atoms with Crippen LogP contribution in [0.4, 0.5) is 4.79 Å². The first-order chi connectivity index (χ1) is 3.29. The molecule has 1 unspecified atom stereocenters. The molecule has 4 nitrogen and oxygen atoms in total. The van der Waals surface area contributed by atoms with Gasteiger partial charge < -0.3 is 4.74 Å². The number of hydrogen-bond donors (Lipinski definition) is 0. The number of carbonyl (C=O) groups excluding carboxylic acids is 1. The zero-order valence-electron chi connectivity index (χ0n) is 3.79. The molecule has 1 atom stereocenters. The van der Waals surface area contributed by atoms with Gasteiger partial charge >= 0.3 is 6.09 Å². The van der Waals surface area contributed by atoms with Gasteiger partial charge in [0.15, 0.2) is 0 Å². The lowest BCUT2D eigenvalue weighted by atomic mass is 10.7. The Balaban J connectivity index is 2.58. The molecule has 38 valence electrons. The van der Waals surface area contributed by atoms with Gasteiger partial charge in [0, 0.05) is 0 Å². The topological polar surface area (TPSA) is 51.0 Å². The van der Waals surface area contributed by atoms with Crippen molar-refractivity contribution in [2.24, 2.45) is 10.2 Å². The van der Waals surface area contributed by atoms with Crippen molar-refractivity contribution in [3.8, 4) is 0 Å². The Morgan fingerprint density at radius 2 is 2.57 bits per heavy atom. The summed E-state index contributed by atoms with van der Waals surface area (Å²) in [6.45, 7) is 1.65. The van der Waals surface area contributed by atoms with Crippen molar-refractivity contribution >= 4 is 6.09 Å². The second-order valence-corrected chi connectivity index (χ2v) is 1.20. The molecule has 0 aliphatic carbocycles. The molecule has 0 aromatic carbocycles. The molecule has 0 saturated carbocycles. The Morgan fingerprint density at radius 1 is 1.86 bits per heavy atom. The molecule has 0 N–H and O–H groups in total. The minimum absolute atomic E-state index is 0.368. The third-order valence-corrected chi connectivity index (χ3v) is 0.573. The first-order valence-electron chi connectivity index (χ1n) is 1.90. The van der Waals surface area contributed by atoms with Crippen molar-refractivity contribution in [3.05, 3.63) is 0 Å². The molecular formula is C3H4N2O2. The average Bonchev–Trinajstić information content (AvgIpc) is 1.87. The van der Waals surface area contributed by atoms with Crippen LogP contribution in [0.2, 0.25) is 0 Å². The normalized spacial score (nSPS) is 28.1. The van der Waals surface area contributed by atoms with Crippen LogP contribution in [0.1, 0.15) is 6.92 Å². The Morgan fingerprint density at radius 3 is 2.71 bits per heavy atom. The van der Waals surface area contributed by atoms with Gasteiger partial charge in [0.2, 0.25) is 6.23 Å². The van der Waals surface area contributed by atoms with Crippen LogP contribution in [0.5, 0.6) is 0 Å². The summed E-state index contributed by atoms with van der Waals surface area (Å²) in [5.74, 6) is 0. The number of amides is 1. The van der Waals surface area contributed by atoms with Gasteiger partial charge in [-0.3, -0.25) is 0 Å². The fourth-order valence-corrected chi connectivity index (χ4v) is 0.321. The van der Waals surface area contributed by atoms with E-state index >= 15 is 0 Å². The second-order valence-electron chi connectivity index (χ2n) is 1.20. The molecule has 4 heteroatoms. The van der Waals surface area contributed by atoms with Gasteiger partial charge in [-0.1, -0.05) is 5.11 Å². The van der Waals surface area contributed by atoms with Gasteiger partial charge in [-0.15, -0.1) is 5.11 Å². The molecule has 0 spiro atoms. The largest absolute Gasteiger partial charge is 0.454 e. The van der Waals surface area contributed by atoms with Gasteiger partial charge in [-0.25, -0.2) is 4.79 Å². The fraction of sp³-hybridized carbons (Fsp3) is 0.667. The van der Waals surface area contributed by atoms with E-state index in [2.05, 4.69) is 15.0 Å². The molecule has 0 saturated heterocycles. The summed E-state index contributed by atoms with van der Waals surface area (Å²) in [6, 6.07) is 0. The summed E-state index contributed by atoms with van der Waals surface area (Å²) in [5, 5.41) is 6.45. The van der Waals surface area contributed by atoms with Crippen molar-refractivity contribution in [1.82, 2.24) is 0 Å². The van der Waals surface area contributed by atoms with Crippen LogP contribution in [-0.4, -0.2) is 12.3 Å². The number of cyclic esters (lactones) is 1. The zero-order valence-corrected chi connectivity index (χ0v) is 3.79. The quantitative estimate of drug-likeness (QED) is 0.454. The van der Waals surface area contributed by atoms with Crippen LogP contribution in [0, 0.1) is 0 Å². The molecule has 1 amide bonds. The Labute approximate surface area is 40.2 Å². The van der Waals surface area contributed by atoms with E-state index < -0.39 is 6.09 Å². The summed E-state index contributed by atoms with van der Waals surface area (Å²) in [6.07, 6.45) is -0.958. The highest BCUT2D eigenvalue weighted by Gasteiger charge is 2.12. The number of hydrogen-bond acceptors (Lipinski definition) is 3. The van der Waals surface area contributed by atoms with E-state index in [1.807, 2.05) is 0 Å². The lowest BCUT2D eigenvalue weighted by molar-refractivity contribution is 0.141. The van der Waals surface area contributed by atoms with E-state index in [1.54, 1.807) is 6.92 Å². The molecule has 0 aromatic heterocycles. The monoisotopic (exact) mass is 100 g/mol. The van der Waals surface area contributed by atoms with Crippen molar-refractivity contribution < 1.29 is 9.53 Å². The van der Waals surface area contributed by atoms with Crippen molar-refractivity contribution in [2.45, 2.75) is 13.2 Å². The van der Waals surface area contributed by atoms with Crippen LogP contribution in [0.3, 0.4) is 0 Å². The fourth-order valence-electron chi connectivity index (χ4n) is 0.321. The molecule has 0 fully saturated rings. The van der Waals surface area contributed by atoms with Gasteiger partial charge in [-0.2, -0.15) is 0 Å². The number of azo groups is 1. The smallest absolute Gasteiger partial charge is 0.419 e. The highest BCUT2D eigenvalue weighted by atomic mass is 16.6. The van der Waals surface area contributed by atoms with Gasteiger partial charge in [0.1, 0.15) is 0 Å². The van der Waals surface area contributed by atoms with Crippen LogP contribution >= 0.6 is 0 Å². The van der Waals surface area contributed by atoms with E-state index in [-0.39, 0.29) is 6.23 Å². The summed E-state index contributed by atoms with van der Waals surface area (Å²) in [7, 11) is 0. The van der Waals surface area contributed by atoms with Crippen LogP contribution in [-0.2, 0) is 4.74 Å². The maximum absolute atomic E-state index is 9.97. The number of rotatable bonds is 0. The molecule has 7 heavy (non-hydrogen) atoms. The third kappa shape index (κ3) is 0.734. The molecule has 1 aliphatic rings. The molecular weight excluding hydrogens is 96.0 g/mol. The van der Waals surface area contributed by atoms with Gasteiger partial charge in [-0.05, 0) is 6.92 Å². The lowest BCUT2D eigenvalue weighted by Crippen LogP contribution is -1.98. The number of nitrogens with zero attached hydrogens (tertiary/aromatic N) is 2. The zero-order chi connectivity index (χ0) is 5.28. The highest BCUT2D eigenvalue weighted by molar-refractivity contribution is 5.68. The molecule has 0 radical (unpaired) electrons. The second kappa shape index (κ2) is 1.29. The van der Waals surface area contributed by atoms with Crippen molar-refractivity contribution in [1.29, 1.82) is 0 Å². The van der Waals surface area contributed by atoms with Gasteiger partial charge in [0.05, 0.1) is 0 Å². The molecule has 1 heterocycles. The minimum atomic E-state index is -0.590. The lowest BCUT2D eigenvalue weighted by Gasteiger charge is -1.90. The predicted octanol–water partition coefficient (Wildman–Crippen LogP) is 0.935.